The predicted molar refractivity (Wildman–Crippen MR) is 88.0 cm³/mol. The van der Waals surface area contributed by atoms with Gasteiger partial charge in [-0.1, -0.05) is 26.7 Å². The number of nitrogens with zero attached hydrogens (tertiary/aromatic N) is 1. The molecule has 0 spiro atoms. The van der Waals surface area contributed by atoms with Crippen molar-refractivity contribution in [2.45, 2.75) is 44.4 Å². The van der Waals surface area contributed by atoms with E-state index in [2.05, 4.69) is 13.8 Å². The number of hydrogen-bond acceptors (Lipinski definition) is 3. The van der Waals surface area contributed by atoms with Crippen molar-refractivity contribution >= 4 is 23.4 Å². The van der Waals surface area contributed by atoms with Crippen LogP contribution in [0.1, 0.15) is 39.5 Å². The molecule has 0 bridgehead atoms. The fourth-order valence-corrected chi connectivity index (χ4v) is 2.66. The average molecular weight is 294 g/mol. The van der Waals surface area contributed by atoms with Gasteiger partial charge in [-0.05, 0) is 37.1 Å². The molecule has 0 fully saturated rings. The van der Waals surface area contributed by atoms with Crippen LogP contribution in [0.2, 0.25) is 0 Å². The first-order valence-electron chi connectivity index (χ1n) is 7.43. The molecule has 0 atom stereocenters. The van der Waals surface area contributed by atoms with E-state index >= 15 is 0 Å². The third kappa shape index (κ3) is 6.33. The predicted octanol–water partition coefficient (Wildman–Crippen LogP) is 3.79. The summed E-state index contributed by atoms with van der Waals surface area (Å²) in [6.07, 6.45) is 4.42. The van der Waals surface area contributed by atoms with E-state index in [1.165, 1.54) is 0 Å². The molecule has 1 amide bonds. The first-order chi connectivity index (χ1) is 9.67. The molecule has 112 valence electrons. The highest BCUT2D eigenvalue weighted by Crippen LogP contribution is 2.19. The van der Waals surface area contributed by atoms with E-state index in [4.69, 9.17) is 5.73 Å². The van der Waals surface area contributed by atoms with E-state index in [9.17, 15) is 4.79 Å². The lowest BCUT2D eigenvalue weighted by Crippen LogP contribution is -2.34. The normalized spacial score (nSPS) is 10.5. The summed E-state index contributed by atoms with van der Waals surface area (Å²) in [5.74, 6) is 0.755. The van der Waals surface area contributed by atoms with Gasteiger partial charge in [0.1, 0.15) is 0 Å². The molecule has 0 aromatic heterocycles. The molecule has 3 nitrogen and oxygen atoms in total. The van der Waals surface area contributed by atoms with Gasteiger partial charge in [0.15, 0.2) is 0 Å². The standard InChI is InChI=1S/C16H26N2OS/c1-3-5-11-18(12-6-4-2)16(19)13-20-15-9-7-14(17)8-10-15/h7-10H,3-6,11-13,17H2,1-2H3. The molecule has 0 saturated heterocycles. The van der Waals surface area contributed by atoms with E-state index in [0.717, 1.165) is 49.4 Å². The minimum absolute atomic E-state index is 0.244. The lowest BCUT2D eigenvalue weighted by molar-refractivity contribution is -0.128. The van der Waals surface area contributed by atoms with E-state index in [-0.39, 0.29) is 5.91 Å². The second-order valence-corrected chi connectivity index (χ2v) is 5.99. The van der Waals surface area contributed by atoms with Gasteiger partial charge < -0.3 is 10.6 Å². The monoisotopic (exact) mass is 294 g/mol. The molecule has 0 radical (unpaired) electrons. The topological polar surface area (TPSA) is 46.3 Å². The van der Waals surface area contributed by atoms with Crippen molar-refractivity contribution in [3.05, 3.63) is 24.3 Å². The summed E-state index contributed by atoms with van der Waals surface area (Å²) < 4.78 is 0. The number of benzene rings is 1. The van der Waals surface area contributed by atoms with Crippen LogP contribution in [-0.2, 0) is 4.79 Å². The summed E-state index contributed by atoms with van der Waals surface area (Å²) in [5, 5.41) is 0. The molecular weight excluding hydrogens is 268 g/mol. The van der Waals surface area contributed by atoms with Gasteiger partial charge in [-0.15, -0.1) is 11.8 Å². The summed E-state index contributed by atoms with van der Waals surface area (Å²) in [7, 11) is 0. The Morgan fingerprint density at radius 3 is 2.15 bits per heavy atom. The number of anilines is 1. The van der Waals surface area contributed by atoms with Crippen molar-refractivity contribution in [1.82, 2.24) is 4.90 Å². The highest BCUT2D eigenvalue weighted by Gasteiger charge is 2.12. The van der Waals surface area contributed by atoms with E-state index in [0.29, 0.717) is 5.75 Å². The maximum absolute atomic E-state index is 12.3. The van der Waals surface area contributed by atoms with Gasteiger partial charge >= 0.3 is 0 Å². The summed E-state index contributed by atoms with van der Waals surface area (Å²) in [6.45, 7) is 6.09. The quantitative estimate of drug-likeness (QED) is 0.557. The number of thioether (sulfide) groups is 1. The molecule has 0 aliphatic carbocycles. The second kappa shape index (κ2) is 9.70. The minimum atomic E-state index is 0.244. The number of carbonyl (C=O) groups is 1. The Morgan fingerprint density at radius 1 is 1.10 bits per heavy atom. The Bertz CT molecular complexity index is 384. The zero-order chi connectivity index (χ0) is 14.8. The molecule has 0 unspecified atom stereocenters. The van der Waals surface area contributed by atoms with E-state index in [1.54, 1.807) is 11.8 Å². The van der Waals surface area contributed by atoms with Crippen LogP contribution in [0, 0.1) is 0 Å². The van der Waals surface area contributed by atoms with Gasteiger partial charge in [-0.25, -0.2) is 0 Å². The lowest BCUT2D eigenvalue weighted by Gasteiger charge is -2.22. The van der Waals surface area contributed by atoms with Crippen LogP contribution >= 0.6 is 11.8 Å². The molecule has 20 heavy (non-hydrogen) atoms. The molecule has 0 aliphatic rings. The summed E-state index contributed by atoms with van der Waals surface area (Å²) in [6, 6.07) is 7.68. The molecule has 1 aromatic rings. The van der Waals surface area contributed by atoms with Crippen molar-refractivity contribution < 1.29 is 4.79 Å². The molecule has 4 heteroatoms. The molecular formula is C16H26N2OS. The maximum Gasteiger partial charge on any atom is 0.232 e. The zero-order valence-corrected chi connectivity index (χ0v) is 13.4. The number of unbranched alkanes of at least 4 members (excludes halogenated alkanes) is 2. The summed E-state index contributed by atoms with van der Waals surface area (Å²) in [5.41, 5.74) is 6.41. The minimum Gasteiger partial charge on any atom is -0.399 e. The van der Waals surface area contributed by atoms with Gasteiger partial charge in [0.05, 0.1) is 5.75 Å². The fraction of sp³-hybridized carbons (Fsp3) is 0.562. The Labute approximate surface area is 126 Å². The van der Waals surface area contributed by atoms with Crippen molar-refractivity contribution in [3.63, 3.8) is 0 Å². The SMILES string of the molecule is CCCCN(CCCC)C(=O)CSc1ccc(N)cc1. The van der Waals surface area contributed by atoms with Crippen LogP contribution in [0.25, 0.3) is 0 Å². The zero-order valence-electron chi connectivity index (χ0n) is 12.6. The number of nitrogen functional groups attached to an aromatic ring is 1. The Kier molecular flexibility index (Phi) is 8.19. The second-order valence-electron chi connectivity index (χ2n) is 4.95. The van der Waals surface area contributed by atoms with Crippen LogP contribution in [-0.4, -0.2) is 29.6 Å². The van der Waals surface area contributed by atoms with E-state index < -0.39 is 0 Å². The molecule has 1 aromatic carbocycles. The summed E-state index contributed by atoms with van der Waals surface area (Å²) >= 11 is 1.59. The molecule has 2 N–H and O–H groups in total. The number of nitrogens with two attached hydrogens (primary N) is 1. The first kappa shape index (κ1) is 16.9. The Hall–Kier alpha value is -1.16. The molecule has 0 heterocycles. The lowest BCUT2D eigenvalue weighted by atomic mass is 10.2. The fourth-order valence-electron chi connectivity index (χ4n) is 1.86. The van der Waals surface area contributed by atoms with Gasteiger partial charge in [0.25, 0.3) is 0 Å². The number of hydrogen-bond donors (Lipinski definition) is 1. The Balaban J connectivity index is 2.45. The van der Waals surface area contributed by atoms with Crippen LogP contribution in [0.5, 0.6) is 0 Å². The highest BCUT2D eigenvalue weighted by atomic mass is 32.2. The molecule has 0 saturated carbocycles. The number of amides is 1. The van der Waals surface area contributed by atoms with Crippen LogP contribution in [0.15, 0.2) is 29.2 Å². The van der Waals surface area contributed by atoms with Crippen molar-refractivity contribution in [2.24, 2.45) is 0 Å². The van der Waals surface area contributed by atoms with Gasteiger partial charge in [0.2, 0.25) is 5.91 Å². The van der Waals surface area contributed by atoms with Crippen molar-refractivity contribution in [3.8, 4) is 0 Å². The average Bonchev–Trinajstić information content (AvgIpc) is 2.46. The molecule has 0 aliphatic heterocycles. The summed E-state index contributed by atoms with van der Waals surface area (Å²) in [4.78, 5) is 15.4. The number of carbonyl (C=O) groups excluding carboxylic acids is 1. The smallest absolute Gasteiger partial charge is 0.232 e. The highest BCUT2D eigenvalue weighted by molar-refractivity contribution is 8.00. The number of rotatable bonds is 9. The van der Waals surface area contributed by atoms with Gasteiger partial charge in [-0.3, -0.25) is 4.79 Å². The van der Waals surface area contributed by atoms with E-state index in [1.807, 2.05) is 29.2 Å². The van der Waals surface area contributed by atoms with Crippen LogP contribution in [0.4, 0.5) is 5.69 Å². The van der Waals surface area contributed by atoms with Crippen molar-refractivity contribution in [2.75, 3.05) is 24.6 Å². The van der Waals surface area contributed by atoms with Crippen LogP contribution in [0.3, 0.4) is 0 Å². The molecule has 1 rings (SSSR count). The Morgan fingerprint density at radius 2 is 1.65 bits per heavy atom. The van der Waals surface area contributed by atoms with Crippen molar-refractivity contribution in [1.29, 1.82) is 0 Å². The third-order valence-corrected chi connectivity index (χ3v) is 4.16. The van der Waals surface area contributed by atoms with Gasteiger partial charge in [-0.2, -0.15) is 0 Å². The maximum atomic E-state index is 12.3. The largest absolute Gasteiger partial charge is 0.399 e. The third-order valence-electron chi connectivity index (χ3n) is 3.16. The first-order valence-corrected chi connectivity index (χ1v) is 8.42. The van der Waals surface area contributed by atoms with Gasteiger partial charge in [0, 0.05) is 23.7 Å². The van der Waals surface area contributed by atoms with Crippen LogP contribution < -0.4 is 5.73 Å².